The molecule has 5 nitrogen and oxygen atoms in total. The van der Waals surface area contributed by atoms with Gasteiger partial charge < -0.3 is 4.74 Å². The fourth-order valence-corrected chi connectivity index (χ4v) is 3.58. The van der Waals surface area contributed by atoms with E-state index in [2.05, 4.69) is 4.90 Å². The Morgan fingerprint density at radius 1 is 1.04 bits per heavy atom. The number of aromatic nitrogens is 2. The molecule has 3 aromatic rings. The third kappa shape index (κ3) is 4.38. The van der Waals surface area contributed by atoms with Crippen molar-refractivity contribution in [3.8, 4) is 11.3 Å². The van der Waals surface area contributed by atoms with E-state index < -0.39 is 0 Å². The first-order valence-corrected chi connectivity index (χ1v) is 9.85. The van der Waals surface area contributed by atoms with Crippen molar-refractivity contribution in [1.29, 1.82) is 0 Å². The van der Waals surface area contributed by atoms with Crippen LogP contribution in [0, 0.1) is 0 Å². The SMILES string of the molecule is O=C(C=Cc1c(-c2ccccc2)nn2ccccc12)COCN1CCCCC1. The average Bonchev–Trinajstić information content (AvgIpc) is 3.12. The number of rotatable bonds is 7. The van der Waals surface area contributed by atoms with Crippen molar-refractivity contribution >= 4 is 17.4 Å². The maximum absolute atomic E-state index is 12.3. The molecule has 144 valence electrons. The van der Waals surface area contributed by atoms with Gasteiger partial charge in [-0.25, -0.2) is 4.52 Å². The van der Waals surface area contributed by atoms with E-state index in [1.807, 2.05) is 65.3 Å². The summed E-state index contributed by atoms with van der Waals surface area (Å²) in [7, 11) is 0. The van der Waals surface area contributed by atoms with Crippen LogP contribution in [-0.2, 0) is 9.53 Å². The highest BCUT2D eigenvalue weighted by molar-refractivity contribution is 5.97. The molecule has 0 atom stereocenters. The first-order chi connectivity index (χ1) is 13.8. The van der Waals surface area contributed by atoms with Crippen molar-refractivity contribution in [2.45, 2.75) is 19.3 Å². The van der Waals surface area contributed by atoms with Gasteiger partial charge in [-0.05, 0) is 37.1 Å². The summed E-state index contributed by atoms with van der Waals surface area (Å²) >= 11 is 0. The minimum Gasteiger partial charge on any atom is -0.358 e. The van der Waals surface area contributed by atoms with Crippen molar-refractivity contribution < 1.29 is 9.53 Å². The Balaban J connectivity index is 1.48. The topological polar surface area (TPSA) is 46.8 Å². The number of fused-ring (bicyclic) bond motifs is 1. The van der Waals surface area contributed by atoms with Crippen LogP contribution in [0.25, 0.3) is 22.9 Å². The van der Waals surface area contributed by atoms with E-state index in [0.717, 1.165) is 35.4 Å². The number of hydrogen-bond donors (Lipinski definition) is 0. The largest absolute Gasteiger partial charge is 0.358 e. The molecule has 0 saturated carbocycles. The molecule has 1 aromatic carbocycles. The number of likely N-dealkylation sites (tertiary alicyclic amines) is 1. The average molecular weight is 375 g/mol. The van der Waals surface area contributed by atoms with Gasteiger partial charge in [0.25, 0.3) is 0 Å². The van der Waals surface area contributed by atoms with Crippen LogP contribution in [0.5, 0.6) is 0 Å². The third-order valence-corrected chi connectivity index (χ3v) is 5.03. The molecule has 0 unspecified atom stereocenters. The van der Waals surface area contributed by atoms with E-state index in [-0.39, 0.29) is 12.4 Å². The minimum atomic E-state index is -0.0358. The first kappa shape index (κ1) is 18.6. The van der Waals surface area contributed by atoms with Gasteiger partial charge in [0.05, 0.1) is 12.2 Å². The Kier molecular flexibility index (Phi) is 5.95. The molecule has 1 aliphatic heterocycles. The first-order valence-electron chi connectivity index (χ1n) is 9.85. The molecule has 0 bridgehead atoms. The summed E-state index contributed by atoms with van der Waals surface area (Å²) in [5.41, 5.74) is 3.81. The molecule has 0 aliphatic carbocycles. The molecule has 28 heavy (non-hydrogen) atoms. The summed E-state index contributed by atoms with van der Waals surface area (Å²) in [6.07, 6.45) is 9.11. The van der Waals surface area contributed by atoms with Crippen molar-refractivity contribution in [2.75, 3.05) is 26.4 Å². The summed E-state index contributed by atoms with van der Waals surface area (Å²) in [6.45, 7) is 2.76. The van der Waals surface area contributed by atoms with Crippen molar-refractivity contribution in [3.05, 3.63) is 66.4 Å². The summed E-state index contributed by atoms with van der Waals surface area (Å²) in [6, 6.07) is 16.0. The second-order valence-electron chi connectivity index (χ2n) is 7.11. The second-order valence-corrected chi connectivity index (χ2v) is 7.11. The van der Waals surface area contributed by atoms with Gasteiger partial charge in [0.1, 0.15) is 12.3 Å². The molecule has 0 N–H and O–H groups in total. The van der Waals surface area contributed by atoms with E-state index >= 15 is 0 Å². The number of hydrogen-bond acceptors (Lipinski definition) is 4. The Morgan fingerprint density at radius 2 is 1.82 bits per heavy atom. The van der Waals surface area contributed by atoms with E-state index in [1.165, 1.54) is 19.3 Å². The van der Waals surface area contributed by atoms with Crippen LogP contribution in [0.3, 0.4) is 0 Å². The molecule has 1 fully saturated rings. The quantitative estimate of drug-likeness (QED) is 0.585. The van der Waals surface area contributed by atoms with E-state index in [4.69, 9.17) is 9.84 Å². The number of carbonyl (C=O) groups is 1. The van der Waals surface area contributed by atoms with Crippen molar-refractivity contribution in [1.82, 2.24) is 14.5 Å². The molecule has 5 heteroatoms. The Morgan fingerprint density at radius 3 is 2.64 bits per heavy atom. The van der Waals surface area contributed by atoms with Gasteiger partial charge >= 0.3 is 0 Å². The Bertz CT molecular complexity index is 956. The molecule has 0 amide bonds. The second kappa shape index (κ2) is 8.95. The summed E-state index contributed by atoms with van der Waals surface area (Å²) in [4.78, 5) is 14.6. The smallest absolute Gasteiger partial charge is 0.181 e. The van der Waals surface area contributed by atoms with E-state index in [0.29, 0.717) is 6.73 Å². The van der Waals surface area contributed by atoms with Crippen LogP contribution in [0.2, 0.25) is 0 Å². The third-order valence-electron chi connectivity index (χ3n) is 5.03. The van der Waals surface area contributed by atoms with Gasteiger partial charge in [-0.1, -0.05) is 42.8 Å². The minimum absolute atomic E-state index is 0.0358. The monoisotopic (exact) mass is 375 g/mol. The van der Waals surface area contributed by atoms with Gasteiger partial charge in [0, 0.05) is 30.4 Å². The van der Waals surface area contributed by atoms with E-state index in [1.54, 1.807) is 6.08 Å². The van der Waals surface area contributed by atoms with E-state index in [9.17, 15) is 4.79 Å². The highest BCUT2D eigenvalue weighted by Gasteiger charge is 2.13. The highest BCUT2D eigenvalue weighted by atomic mass is 16.5. The zero-order valence-electron chi connectivity index (χ0n) is 16.0. The van der Waals surface area contributed by atoms with Crippen molar-refractivity contribution in [2.24, 2.45) is 0 Å². The van der Waals surface area contributed by atoms with Gasteiger partial charge in [0.15, 0.2) is 5.78 Å². The number of ketones is 1. The normalized spacial score (nSPS) is 15.4. The molecule has 3 heterocycles. The van der Waals surface area contributed by atoms with Crippen LogP contribution in [0.4, 0.5) is 0 Å². The van der Waals surface area contributed by atoms with Crippen molar-refractivity contribution in [3.63, 3.8) is 0 Å². The van der Waals surface area contributed by atoms with Gasteiger partial charge in [-0.2, -0.15) is 5.10 Å². The number of pyridine rings is 1. The number of ether oxygens (including phenoxy) is 1. The fraction of sp³-hybridized carbons (Fsp3) is 0.304. The standard InChI is InChI=1S/C23H25N3O2/c27-20(17-28-18-25-14-6-2-7-15-25)12-13-21-22-11-5-8-16-26(22)24-23(21)19-9-3-1-4-10-19/h1,3-5,8-13,16H,2,6-7,14-15,17-18H2. The predicted octanol–water partition coefficient (Wildman–Crippen LogP) is 4.04. The van der Waals surface area contributed by atoms with Gasteiger partial charge in [-0.3, -0.25) is 9.69 Å². The lowest BCUT2D eigenvalue weighted by molar-refractivity contribution is -0.120. The summed E-state index contributed by atoms with van der Waals surface area (Å²) < 4.78 is 7.46. The number of carbonyl (C=O) groups excluding carboxylic acids is 1. The van der Waals surface area contributed by atoms with Crippen LogP contribution in [0.15, 0.2) is 60.8 Å². The molecule has 1 aliphatic rings. The van der Waals surface area contributed by atoms with Gasteiger partial charge in [-0.15, -0.1) is 0 Å². The maximum atomic E-state index is 12.3. The molecular formula is C23H25N3O2. The molecule has 1 saturated heterocycles. The lowest BCUT2D eigenvalue weighted by atomic mass is 10.1. The molecule has 4 rings (SSSR count). The number of benzene rings is 1. The highest BCUT2D eigenvalue weighted by Crippen LogP contribution is 2.27. The lowest BCUT2D eigenvalue weighted by Crippen LogP contribution is -2.32. The van der Waals surface area contributed by atoms with Crippen LogP contribution in [0.1, 0.15) is 24.8 Å². The fourth-order valence-electron chi connectivity index (χ4n) is 3.58. The maximum Gasteiger partial charge on any atom is 0.181 e. The number of nitrogens with zero attached hydrogens (tertiary/aromatic N) is 3. The zero-order valence-corrected chi connectivity index (χ0v) is 16.0. The van der Waals surface area contributed by atoms with Crippen LogP contribution >= 0.6 is 0 Å². The molecule has 2 aromatic heterocycles. The Hall–Kier alpha value is -2.76. The molecule has 0 spiro atoms. The Labute approximate surface area is 165 Å². The van der Waals surface area contributed by atoms with Gasteiger partial charge in [0.2, 0.25) is 0 Å². The molecular weight excluding hydrogens is 350 g/mol. The summed E-state index contributed by atoms with van der Waals surface area (Å²) in [5.74, 6) is -0.0358. The zero-order chi connectivity index (χ0) is 19.2. The van der Waals surface area contributed by atoms with Crippen LogP contribution < -0.4 is 0 Å². The predicted molar refractivity (Wildman–Crippen MR) is 111 cm³/mol. The summed E-state index contributed by atoms with van der Waals surface area (Å²) in [5, 5.41) is 4.70. The lowest BCUT2D eigenvalue weighted by Gasteiger charge is -2.25. The van der Waals surface area contributed by atoms with Crippen LogP contribution in [-0.4, -0.2) is 46.7 Å². The molecule has 0 radical (unpaired) electrons. The number of piperidine rings is 1.